The van der Waals surface area contributed by atoms with Gasteiger partial charge in [-0.1, -0.05) is 12.1 Å². The fourth-order valence-corrected chi connectivity index (χ4v) is 2.56. The summed E-state index contributed by atoms with van der Waals surface area (Å²) in [6, 6.07) is 7.95. The lowest BCUT2D eigenvalue weighted by Gasteiger charge is -2.21. The van der Waals surface area contributed by atoms with Crippen LogP contribution in [0.4, 0.5) is 11.4 Å². The molecule has 1 N–H and O–H groups in total. The molecule has 0 spiro atoms. The summed E-state index contributed by atoms with van der Waals surface area (Å²) in [5, 5.41) is 2.99. The van der Waals surface area contributed by atoms with Crippen LogP contribution in [-0.4, -0.2) is 13.0 Å². The minimum atomic E-state index is 0.0734. The summed E-state index contributed by atoms with van der Waals surface area (Å²) in [4.78, 5) is 14.2. The van der Waals surface area contributed by atoms with Crippen molar-refractivity contribution >= 4 is 17.3 Å². The Labute approximate surface area is 94.8 Å². The molecule has 1 aromatic carbocycles. The number of fused-ring (bicyclic) bond motifs is 1. The molecule has 0 bridgehead atoms. The molecule has 1 aliphatic carbocycles. The van der Waals surface area contributed by atoms with E-state index < -0.39 is 0 Å². The molecule has 1 aliphatic heterocycles. The monoisotopic (exact) mass is 214 g/mol. The zero-order valence-electron chi connectivity index (χ0n) is 9.29. The van der Waals surface area contributed by atoms with Crippen LogP contribution in [0, 0.1) is 0 Å². The second kappa shape index (κ2) is 3.37. The van der Waals surface area contributed by atoms with Gasteiger partial charge in [-0.3, -0.25) is 4.79 Å². The summed E-state index contributed by atoms with van der Waals surface area (Å²) in [5.74, 6) is 0.0734. The molecule has 0 saturated heterocycles. The van der Waals surface area contributed by atoms with E-state index in [0.717, 1.165) is 36.2 Å². The third kappa shape index (κ3) is 1.24. The van der Waals surface area contributed by atoms with E-state index in [9.17, 15) is 4.79 Å². The molecule has 3 rings (SSSR count). The number of benzene rings is 1. The van der Waals surface area contributed by atoms with Gasteiger partial charge < -0.3 is 10.2 Å². The van der Waals surface area contributed by atoms with E-state index in [-0.39, 0.29) is 5.91 Å². The molecule has 0 unspecified atom stereocenters. The maximum absolute atomic E-state index is 12.0. The number of hydrogen-bond donors (Lipinski definition) is 1. The fourth-order valence-electron chi connectivity index (χ4n) is 2.56. The highest BCUT2D eigenvalue weighted by Gasteiger charge is 2.28. The van der Waals surface area contributed by atoms with Gasteiger partial charge in [0.1, 0.15) is 0 Å². The van der Waals surface area contributed by atoms with Crippen molar-refractivity contribution in [3.63, 3.8) is 0 Å². The predicted octanol–water partition coefficient (Wildman–Crippen LogP) is 2.51. The van der Waals surface area contributed by atoms with Gasteiger partial charge in [0.05, 0.1) is 11.4 Å². The molecule has 0 aromatic heterocycles. The molecule has 3 nitrogen and oxygen atoms in total. The minimum absolute atomic E-state index is 0.0734. The van der Waals surface area contributed by atoms with Crippen molar-refractivity contribution in [2.24, 2.45) is 0 Å². The lowest BCUT2D eigenvalue weighted by molar-refractivity contribution is -0.112. The van der Waals surface area contributed by atoms with Crippen molar-refractivity contribution in [2.45, 2.75) is 19.3 Å². The molecule has 2 aliphatic rings. The molecule has 1 aromatic rings. The summed E-state index contributed by atoms with van der Waals surface area (Å²) in [7, 11) is 2.04. The number of nitrogens with zero attached hydrogens (tertiary/aromatic N) is 1. The highest BCUT2D eigenvalue weighted by atomic mass is 16.1. The highest BCUT2D eigenvalue weighted by molar-refractivity contribution is 6.08. The normalized spacial score (nSPS) is 19.1. The second-order valence-corrected chi connectivity index (χ2v) is 4.31. The number of hydrogen-bond acceptors (Lipinski definition) is 2. The molecule has 3 heteroatoms. The van der Waals surface area contributed by atoms with E-state index in [1.54, 1.807) is 0 Å². The first-order valence-corrected chi connectivity index (χ1v) is 5.63. The summed E-state index contributed by atoms with van der Waals surface area (Å²) in [6.45, 7) is 0. The number of carbonyl (C=O) groups excluding carboxylic acids is 1. The molecular formula is C13H14N2O. The van der Waals surface area contributed by atoms with Crippen LogP contribution in [0.2, 0.25) is 0 Å². The van der Waals surface area contributed by atoms with Crippen molar-refractivity contribution in [1.82, 2.24) is 0 Å². The molecular weight excluding hydrogens is 200 g/mol. The SMILES string of the molecule is CN1C2=C(CCC2)C(=O)Nc2ccccc21. The van der Waals surface area contributed by atoms with Gasteiger partial charge in [0.25, 0.3) is 5.91 Å². The van der Waals surface area contributed by atoms with Crippen LogP contribution in [0.25, 0.3) is 0 Å². The maximum atomic E-state index is 12.0. The topological polar surface area (TPSA) is 32.3 Å². The van der Waals surface area contributed by atoms with Gasteiger partial charge >= 0.3 is 0 Å². The predicted molar refractivity (Wildman–Crippen MR) is 64.4 cm³/mol. The Balaban J connectivity index is 2.16. The van der Waals surface area contributed by atoms with Gasteiger partial charge in [0.2, 0.25) is 0 Å². The number of rotatable bonds is 0. The van der Waals surface area contributed by atoms with Gasteiger partial charge in [-0.25, -0.2) is 0 Å². The molecule has 16 heavy (non-hydrogen) atoms. The first-order chi connectivity index (χ1) is 7.77. The number of allylic oxidation sites excluding steroid dienone is 1. The minimum Gasteiger partial charge on any atom is -0.346 e. The Morgan fingerprint density at radius 3 is 2.94 bits per heavy atom. The third-order valence-corrected chi connectivity index (χ3v) is 3.38. The number of para-hydroxylation sites is 2. The van der Waals surface area contributed by atoms with Crippen molar-refractivity contribution < 1.29 is 4.79 Å². The first kappa shape index (κ1) is 9.46. The molecule has 82 valence electrons. The lowest BCUT2D eigenvalue weighted by atomic mass is 10.2. The third-order valence-electron chi connectivity index (χ3n) is 3.38. The Hall–Kier alpha value is -1.77. The second-order valence-electron chi connectivity index (χ2n) is 4.31. The number of anilines is 2. The van der Waals surface area contributed by atoms with Crippen LogP contribution in [0.15, 0.2) is 35.5 Å². The largest absolute Gasteiger partial charge is 0.346 e. The first-order valence-electron chi connectivity index (χ1n) is 5.63. The average Bonchev–Trinajstić information content (AvgIpc) is 2.74. The highest BCUT2D eigenvalue weighted by Crippen LogP contribution is 2.38. The van der Waals surface area contributed by atoms with Crippen molar-refractivity contribution in [2.75, 3.05) is 17.3 Å². The zero-order chi connectivity index (χ0) is 11.1. The van der Waals surface area contributed by atoms with E-state index in [1.807, 2.05) is 31.3 Å². The van der Waals surface area contributed by atoms with Gasteiger partial charge in [-0.15, -0.1) is 0 Å². The summed E-state index contributed by atoms with van der Waals surface area (Å²) >= 11 is 0. The summed E-state index contributed by atoms with van der Waals surface area (Å²) in [5.41, 5.74) is 4.13. The van der Waals surface area contributed by atoms with Gasteiger partial charge in [-0.2, -0.15) is 0 Å². The molecule has 1 heterocycles. The molecule has 0 atom stereocenters. The van der Waals surface area contributed by atoms with E-state index in [2.05, 4.69) is 10.2 Å². The average molecular weight is 214 g/mol. The van der Waals surface area contributed by atoms with Crippen molar-refractivity contribution in [3.8, 4) is 0 Å². The molecule has 0 saturated carbocycles. The maximum Gasteiger partial charge on any atom is 0.253 e. The van der Waals surface area contributed by atoms with Gasteiger partial charge in [0.15, 0.2) is 0 Å². The van der Waals surface area contributed by atoms with Crippen molar-refractivity contribution in [1.29, 1.82) is 0 Å². The zero-order valence-corrected chi connectivity index (χ0v) is 9.29. The van der Waals surface area contributed by atoms with E-state index in [1.165, 1.54) is 5.70 Å². The van der Waals surface area contributed by atoms with Crippen LogP contribution in [-0.2, 0) is 4.79 Å². The van der Waals surface area contributed by atoms with Crippen LogP contribution in [0.3, 0.4) is 0 Å². The summed E-state index contributed by atoms with van der Waals surface area (Å²) < 4.78 is 0. The molecule has 1 amide bonds. The number of carbonyl (C=O) groups is 1. The lowest BCUT2D eigenvalue weighted by Crippen LogP contribution is -2.16. The molecule has 0 radical (unpaired) electrons. The molecule has 0 fully saturated rings. The summed E-state index contributed by atoms with van der Waals surface area (Å²) in [6.07, 6.45) is 3.00. The Morgan fingerprint density at radius 1 is 1.25 bits per heavy atom. The smallest absolute Gasteiger partial charge is 0.253 e. The Kier molecular flexibility index (Phi) is 1.99. The standard InChI is InChI=1S/C13H14N2O/c1-15-11-8-4-5-9(11)13(16)14-10-6-2-3-7-12(10)15/h2-3,6-7H,4-5,8H2,1H3,(H,14,16). The van der Waals surface area contributed by atoms with E-state index >= 15 is 0 Å². The Morgan fingerprint density at radius 2 is 2.06 bits per heavy atom. The van der Waals surface area contributed by atoms with Gasteiger partial charge in [-0.05, 0) is 31.4 Å². The fraction of sp³-hybridized carbons (Fsp3) is 0.308. The van der Waals surface area contributed by atoms with Crippen LogP contribution in [0.1, 0.15) is 19.3 Å². The number of amides is 1. The van der Waals surface area contributed by atoms with Crippen molar-refractivity contribution in [3.05, 3.63) is 35.5 Å². The van der Waals surface area contributed by atoms with Crippen LogP contribution in [0.5, 0.6) is 0 Å². The van der Waals surface area contributed by atoms with Crippen LogP contribution >= 0.6 is 0 Å². The van der Waals surface area contributed by atoms with Gasteiger partial charge in [0, 0.05) is 18.3 Å². The number of nitrogens with one attached hydrogen (secondary N) is 1. The van der Waals surface area contributed by atoms with E-state index in [4.69, 9.17) is 0 Å². The van der Waals surface area contributed by atoms with E-state index in [0.29, 0.717) is 0 Å². The Bertz CT molecular complexity index is 490. The quantitative estimate of drug-likeness (QED) is 0.719. The van der Waals surface area contributed by atoms with Crippen LogP contribution < -0.4 is 10.2 Å².